The minimum absolute atomic E-state index is 0.0884. The number of hydrogen-bond donors (Lipinski definition) is 3. The number of carbonyl (C=O) groups is 2. The molecule has 1 aliphatic rings. The number of ketones is 1. The van der Waals surface area contributed by atoms with Crippen LogP contribution >= 0.6 is 0 Å². The zero-order valence-corrected chi connectivity index (χ0v) is 13.8. The van der Waals surface area contributed by atoms with Crippen molar-refractivity contribution in [2.24, 2.45) is 0 Å². The molecule has 3 N–H and O–H groups in total. The Morgan fingerprint density at radius 3 is 2.56 bits per heavy atom. The number of phenols is 2. The van der Waals surface area contributed by atoms with E-state index in [1.54, 1.807) is 24.3 Å². The van der Waals surface area contributed by atoms with Crippen molar-refractivity contribution in [2.45, 2.75) is 25.7 Å². The number of benzene rings is 2. The number of rotatable bonds is 4. The molecule has 0 saturated carbocycles. The average Bonchev–Trinajstić information content (AvgIpc) is 2.56. The molecule has 25 heavy (non-hydrogen) atoms. The largest absolute Gasteiger partial charge is 0.507 e. The maximum Gasteiger partial charge on any atom is 0.245 e. The van der Waals surface area contributed by atoms with Crippen molar-refractivity contribution in [3.63, 3.8) is 0 Å². The third kappa shape index (κ3) is 3.08. The zero-order chi connectivity index (χ0) is 18.1. The molecule has 6 heteroatoms. The Bertz CT molecular complexity index is 857. The van der Waals surface area contributed by atoms with Crippen molar-refractivity contribution in [1.82, 2.24) is 5.06 Å². The minimum Gasteiger partial charge on any atom is -0.507 e. The lowest BCUT2D eigenvalue weighted by atomic mass is 9.82. The molecule has 6 nitrogen and oxygen atoms in total. The van der Waals surface area contributed by atoms with Crippen LogP contribution in [0.4, 0.5) is 0 Å². The number of hydroxylamine groups is 2. The van der Waals surface area contributed by atoms with Crippen molar-refractivity contribution in [3.8, 4) is 11.5 Å². The van der Waals surface area contributed by atoms with E-state index in [9.17, 15) is 19.8 Å². The van der Waals surface area contributed by atoms with Gasteiger partial charge in [-0.3, -0.25) is 14.8 Å². The second kappa shape index (κ2) is 6.57. The summed E-state index contributed by atoms with van der Waals surface area (Å²) in [5.74, 6) is -0.983. The molecule has 0 fully saturated rings. The quantitative estimate of drug-likeness (QED) is 0.500. The van der Waals surface area contributed by atoms with Gasteiger partial charge >= 0.3 is 0 Å². The fourth-order valence-corrected chi connectivity index (χ4v) is 3.20. The Morgan fingerprint density at radius 2 is 1.84 bits per heavy atom. The molecular formula is C19H19NO5. The molecule has 0 saturated heterocycles. The highest BCUT2D eigenvalue weighted by atomic mass is 16.5. The van der Waals surface area contributed by atoms with Crippen LogP contribution in [0.5, 0.6) is 11.5 Å². The summed E-state index contributed by atoms with van der Waals surface area (Å²) >= 11 is 0. The molecule has 0 bridgehead atoms. The molecule has 2 aromatic carbocycles. The van der Waals surface area contributed by atoms with Crippen molar-refractivity contribution in [3.05, 3.63) is 58.1 Å². The standard InChI is InChI=1S/C19H19NO5/c1-20(25)15(22)7-3-4-11-8-9-13-10-12-5-2-6-14(21)16(12)19(24)17(13)18(11)23/h2,5-6,8-9,21,23,25H,3-4,7,10H2,1H3. The number of aryl methyl sites for hydroxylation is 1. The molecule has 0 unspecified atom stereocenters. The lowest BCUT2D eigenvalue weighted by Gasteiger charge is -2.21. The van der Waals surface area contributed by atoms with Crippen LogP contribution in [0.25, 0.3) is 0 Å². The average molecular weight is 341 g/mol. The first kappa shape index (κ1) is 17.0. The van der Waals surface area contributed by atoms with Crippen LogP contribution in [-0.2, 0) is 17.6 Å². The van der Waals surface area contributed by atoms with Crippen molar-refractivity contribution in [1.29, 1.82) is 0 Å². The summed E-state index contributed by atoms with van der Waals surface area (Å²) < 4.78 is 0. The van der Waals surface area contributed by atoms with Crippen LogP contribution in [0.2, 0.25) is 0 Å². The van der Waals surface area contributed by atoms with E-state index in [2.05, 4.69) is 0 Å². The second-order valence-corrected chi connectivity index (χ2v) is 6.20. The highest BCUT2D eigenvalue weighted by Crippen LogP contribution is 2.38. The second-order valence-electron chi connectivity index (χ2n) is 6.20. The number of phenolic OH excluding ortho intramolecular Hbond substituents is 2. The molecule has 0 radical (unpaired) electrons. The van der Waals surface area contributed by atoms with Gasteiger partial charge in [0.1, 0.15) is 11.5 Å². The fourth-order valence-electron chi connectivity index (χ4n) is 3.20. The monoisotopic (exact) mass is 341 g/mol. The van der Waals surface area contributed by atoms with Gasteiger partial charge in [0.25, 0.3) is 0 Å². The van der Waals surface area contributed by atoms with Crippen LogP contribution in [0.1, 0.15) is 45.5 Å². The summed E-state index contributed by atoms with van der Waals surface area (Å²) in [5.41, 5.74) is 2.48. The van der Waals surface area contributed by atoms with E-state index in [1.165, 1.54) is 13.1 Å². The molecule has 1 amide bonds. The van der Waals surface area contributed by atoms with Crippen molar-refractivity contribution < 1.29 is 25.0 Å². The predicted molar refractivity (Wildman–Crippen MR) is 89.9 cm³/mol. The Kier molecular flexibility index (Phi) is 4.46. The van der Waals surface area contributed by atoms with E-state index in [0.29, 0.717) is 29.9 Å². The summed E-state index contributed by atoms with van der Waals surface area (Å²) in [6.07, 6.45) is 1.44. The van der Waals surface area contributed by atoms with E-state index in [4.69, 9.17) is 5.21 Å². The molecular weight excluding hydrogens is 322 g/mol. The predicted octanol–water partition coefficient (Wildman–Crippen LogP) is 2.40. The lowest BCUT2D eigenvalue weighted by Crippen LogP contribution is -2.22. The van der Waals surface area contributed by atoms with E-state index >= 15 is 0 Å². The minimum atomic E-state index is -0.410. The van der Waals surface area contributed by atoms with Crippen molar-refractivity contribution in [2.75, 3.05) is 7.05 Å². The first-order valence-electron chi connectivity index (χ1n) is 8.05. The van der Waals surface area contributed by atoms with Gasteiger partial charge < -0.3 is 10.2 Å². The fraction of sp³-hybridized carbons (Fsp3) is 0.263. The maximum atomic E-state index is 12.8. The van der Waals surface area contributed by atoms with Crippen LogP contribution in [0, 0.1) is 0 Å². The Balaban J connectivity index is 1.87. The Morgan fingerprint density at radius 1 is 1.12 bits per heavy atom. The molecule has 0 aliphatic heterocycles. The number of nitrogens with zero attached hydrogens (tertiary/aromatic N) is 1. The first-order valence-corrected chi connectivity index (χ1v) is 8.05. The number of fused-ring (bicyclic) bond motifs is 2. The molecule has 0 aromatic heterocycles. The van der Waals surface area contributed by atoms with Gasteiger partial charge in [-0.15, -0.1) is 0 Å². The third-order valence-electron chi connectivity index (χ3n) is 4.51. The van der Waals surface area contributed by atoms with Gasteiger partial charge in [0, 0.05) is 13.5 Å². The number of amides is 1. The van der Waals surface area contributed by atoms with E-state index < -0.39 is 5.91 Å². The number of hydrogen-bond acceptors (Lipinski definition) is 5. The van der Waals surface area contributed by atoms with Gasteiger partial charge in [-0.2, -0.15) is 0 Å². The molecule has 130 valence electrons. The lowest BCUT2D eigenvalue weighted by molar-refractivity contribution is -0.159. The van der Waals surface area contributed by atoms with Gasteiger partial charge in [-0.1, -0.05) is 24.3 Å². The normalized spacial score (nSPS) is 12.5. The van der Waals surface area contributed by atoms with Gasteiger partial charge in [0.05, 0.1) is 11.1 Å². The van der Waals surface area contributed by atoms with Gasteiger partial charge in [-0.05, 0) is 42.0 Å². The molecule has 2 aromatic rings. The van der Waals surface area contributed by atoms with E-state index in [0.717, 1.165) is 11.1 Å². The molecule has 1 aliphatic carbocycles. The van der Waals surface area contributed by atoms with Gasteiger partial charge in [0.2, 0.25) is 11.7 Å². The van der Waals surface area contributed by atoms with E-state index in [-0.39, 0.29) is 34.8 Å². The topological polar surface area (TPSA) is 98.1 Å². The maximum absolute atomic E-state index is 12.8. The van der Waals surface area contributed by atoms with Crippen LogP contribution in [0.3, 0.4) is 0 Å². The number of aromatic hydroxyl groups is 2. The highest BCUT2D eigenvalue weighted by Gasteiger charge is 2.29. The van der Waals surface area contributed by atoms with Gasteiger partial charge in [0.15, 0.2) is 0 Å². The third-order valence-corrected chi connectivity index (χ3v) is 4.51. The highest BCUT2D eigenvalue weighted by molar-refractivity contribution is 6.15. The SMILES string of the molecule is CN(O)C(=O)CCCc1ccc2c(c1O)C(=O)c1c(O)cccc1C2. The number of carbonyl (C=O) groups excluding carboxylic acids is 2. The zero-order valence-electron chi connectivity index (χ0n) is 13.8. The van der Waals surface area contributed by atoms with E-state index in [1.807, 2.05) is 0 Å². The molecule has 0 spiro atoms. The van der Waals surface area contributed by atoms with Crippen LogP contribution in [0.15, 0.2) is 30.3 Å². The first-order chi connectivity index (χ1) is 11.9. The van der Waals surface area contributed by atoms with Crippen molar-refractivity contribution >= 4 is 11.7 Å². The summed E-state index contributed by atoms with van der Waals surface area (Å²) in [6, 6.07) is 8.49. The Hall–Kier alpha value is -2.86. The smallest absolute Gasteiger partial charge is 0.245 e. The van der Waals surface area contributed by atoms with Crippen LogP contribution in [-0.4, -0.2) is 39.2 Å². The van der Waals surface area contributed by atoms with Gasteiger partial charge in [-0.25, -0.2) is 5.06 Å². The molecule has 0 heterocycles. The Labute approximate surface area is 144 Å². The summed E-state index contributed by atoms with van der Waals surface area (Å²) in [4.78, 5) is 24.2. The summed E-state index contributed by atoms with van der Waals surface area (Å²) in [7, 11) is 1.27. The summed E-state index contributed by atoms with van der Waals surface area (Å²) in [5, 5.41) is 30.1. The molecule has 0 atom stereocenters. The van der Waals surface area contributed by atoms with Crippen LogP contribution < -0.4 is 0 Å². The molecule has 3 rings (SSSR count). The summed E-state index contributed by atoms with van der Waals surface area (Å²) in [6.45, 7) is 0.